The smallest absolute Gasteiger partial charge is 0.488 e. The molecule has 0 aliphatic rings. The van der Waals surface area contributed by atoms with Crippen LogP contribution in [-0.2, 0) is 4.84 Å². The van der Waals surface area contributed by atoms with Gasteiger partial charge in [0.05, 0.1) is 21.3 Å². The van der Waals surface area contributed by atoms with E-state index in [1.807, 2.05) is 0 Å². The van der Waals surface area contributed by atoms with Gasteiger partial charge in [-0.05, 0) is 17.6 Å². The highest BCUT2D eigenvalue weighted by atomic mass is 16.7. The molecule has 0 atom stereocenters. The molecule has 2 N–H and O–H groups in total. The van der Waals surface area contributed by atoms with Crippen molar-refractivity contribution in [3.8, 4) is 11.5 Å². The van der Waals surface area contributed by atoms with E-state index in [-0.39, 0.29) is 22.5 Å². The fraction of sp³-hybridized carbons (Fsp3) is 0.364. The van der Waals surface area contributed by atoms with Gasteiger partial charge in [0, 0.05) is 7.05 Å². The third-order valence-electron chi connectivity index (χ3n) is 2.60. The summed E-state index contributed by atoms with van der Waals surface area (Å²) in [5, 5.41) is 19.4. The molecule has 0 aliphatic carbocycles. The van der Waals surface area contributed by atoms with Crippen molar-refractivity contribution in [3.63, 3.8) is 0 Å². The maximum absolute atomic E-state index is 12.1. The zero-order valence-corrected chi connectivity index (χ0v) is 11.2. The Labute approximate surface area is 111 Å². The summed E-state index contributed by atoms with van der Waals surface area (Å²) in [6, 6.07) is 2.70. The summed E-state index contributed by atoms with van der Waals surface area (Å²) in [7, 11) is 3.84. The van der Waals surface area contributed by atoms with E-state index < -0.39 is 13.0 Å². The molecule has 0 unspecified atom stereocenters. The van der Waals surface area contributed by atoms with Crippen LogP contribution >= 0.6 is 0 Å². The van der Waals surface area contributed by atoms with E-state index in [9.17, 15) is 14.8 Å². The van der Waals surface area contributed by atoms with Gasteiger partial charge in [-0.2, -0.15) is 0 Å². The Kier molecular flexibility index (Phi) is 5.16. The molecule has 1 amide bonds. The van der Waals surface area contributed by atoms with Crippen LogP contribution in [0.1, 0.15) is 10.4 Å². The largest absolute Gasteiger partial charge is 0.496 e. The fourth-order valence-corrected chi connectivity index (χ4v) is 1.53. The van der Waals surface area contributed by atoms with Gasteiger partial charge in [0.2, 0.25) is 0 Å². The van der Waals surface area contributed by atoms with E-state index in [0.717, 1.165) is 5.06 Å². The number of carbonyl (C=O) groups is 1. The molecule has 0 saturated carbocycles. The average Bonchev–Trinajstić information content (AvgIpc) is 2.43. The van der Waals surface area contributed by atoms with Crippen LogP contribution in [0.25, 0.3) is 0 Å². The van der Waals surface area contributed by atoms with Crippen LogP contribution in [-0.4, -0.2) is 56.5 Å². The van der Waals surface area contributed by atoms with Crippen LogP contribution in [0.15, 0.2) is 12.1 Å². The fourth-order valence-electron chi connectivity index (χ4n) is 1.53. The van der Waals surface area contributed by atoms with E-state index in [1.165, 1.54) is 40.5 Å². The third kappa shape index (κ3) is 3.17. The van der Waals surface area contributed by atoms with Crippen LogP contribution < -0.4 is 14.9 Å². The van der Waals surface area contributed by atoms with Gasteiger partial charge in [-0.25, -0.2) is 5.06 Å². The molecular weight excluding hydrogens is 253 g/mol. The van der Waals surface area contributed by atoms with E-state index in [1.54, 1.807) is 0 Å². The molecule has 104 valence electrons. The van der Waals surface area contributed by atoms with Crippen molar-refractivity contribution in [1.29, 1.82) is 0 Å². The molecule has 0 heterocycles. The van der Waals surface area contributed by atoms with Gasteiger partial charge in [-0.1, -0.05) is 0 Å². The normalized spacial score (nSPS) is 10.0. The molecule has 8 heteroatoms. The number of hydroxylamine groups is 2. The topological polar surface area (TPSA) is 88.5 Å². The van der Waals surface area contributed by atoms with Gasteiger partial charge in [0.15, 0.2) is 0 Å². The Balaban J connectivity index is 3.40. The molecular formula is C11H16BNO6. The second kappa shape index (κ2) is 6.42. The molecule has 0 fully saturated rings. The molecule has 7 nitrogen and oxygen atoms in total. The number of hydrogen-bond acceptors (Lipinski definition) is 6. The minimum absolute atomic E-state index is 0.138. The number of rotatable bonds is 5. The van der Waals surface area contributed by atoms with Crippen LogP contribution in [0, 0.1) is 0 Å². The molecule has 1 aromatic rings. The van der Waals surface area contributed by atoms with Crippen molar-refractivity contribution in [2.45, 2.75) is 0 Å². The van der Waals surface area contributed by atoms with Crippen LogP contribution in [0.5, 0.6) is 11.5 Å². The first-order chi connectivity index (χ1) is 8.96. The summed E-state index contributed by atoms with van der Waals surface area (Å²) in [6.07, 6.45) is 0. The summed E-state index contributed by atoms with van der Waals surface area (Å²) < 4.78 is 10.2. The lowest BCUT2D eigenvalue weighted by atomic mass is 9.79. The molecule has 1 aromatic carbocycles. The number of methoxy groups -OCH3 is 2. The molecule has 0 radical (unpaired) electrons. The van der Waals surface area contributed by atoms with Crippen molar-refractivity contribution in [2.75, 3.05) is 28.4 Å². The maximum atomic E-state index is 12.1. The molecule has 0 aliphatic heterocycles. The summed E-state index contributed by atoms with van der Waals surface area (Å²) in [6.45, 7) is 0. The van der Waals surface area contributed by atoms with Gasteiger partial charge in [-0.15, -0.1) is 0 Å². The highest BCUT2D eigenvalue weighted by Crippen LogP contribution is 2.28. The molecule has 0 aromatic heterocycles. The number of nitrogens with zero attached hydrogens (tertiary/aromatic N) is 1. The lowest BCUT2D eigenvalue weighted by Gasteiger charge is -2.19. The number of ether oxygens (including phenoxy) is 2. The van der Waals surface area contributed by atoms with Gasteiger partial charge in [0.25, 0.3) is 5.91 Å². The van der Waals surface area contributed by atoms with E-state index in [4.69, 9.17) is 14.3 Å². The van der Waals surface area contributed by atoms with E-state index in [0.29, 0.717) is 0 Å². The van der Waals surface area contributed by atoms with Crippen LogP contribution in [0.3, 0.4) is 0 Å². The number of carbonyl (C=O) groups excluding carboxylic acids is 1. The minimum atomic E-state index is -1.69. The minimum Gasteiger partial charge on any atom is -0.496 e. The van der Waals surface area contributed by atoms with Gasteiger partial charge in [0.1, 0.15) is 17.1 Å². The second-order valence-corrected chi connectivity index (χ2v) is 3.66. The van der Waals surface area contributed by atoms with Gasteiger partial charge < -0.3 is 19.5 Å². The first-order valence-electron chi connectivity index (χ1n) is 5.40. The molecule has 1 rings (SSSR count). The summed E-state index contributed by atoms with van der Waals surface area (Å²) in [5.74, 6) is -0.150. The van der Waals surface area contributed by atoms with Gasteiger partial charge in [-0.3, -0.25) is 9.63 Å². The first-order valence-corrected chi connectivity index (χ1v) is 5.40. The highest BCUT2D eigenvalue weighted by Gasteiger charge is 2.25. The Morgan fingerprint density at radius 2 is 1.63 bits per heavy atom. The first kappa shape index (κ1) is 15.3. The monoisotopic (exact) mass is 269 g/mol. The van der Waals surface area contributed by atoms with Crippen molar-refractivity contribution in [2.24, 2.45) is 0 Å². The van der Waals surface area contributed by atoms with Crippen molar-refractivity contribution in [3.05, 3.63) is 17.7 Å². The Morgan fingerprint density at radius 3 is 1.95 bits per heavy atom. The van der Waals surface area contributed by atoms with Crippen LogP contribution in [0.4, 0.5) is 0 Å². The van der Waals surface area contributed by atoms with Crippen molar-refractivity contribution >= 4 is 18.5 Å². The summed E-state index contributed by atoms with van der Waals surface area (Å²) in [5.41, 5.74) is 0.295. The maximum Gasteiger partial charge on any atom is 0.488 e. The third-order valence-corrected chi connectivity index (χ3v) is 2.60. The second-order valence-electron chi connectivity index (χ2n) is 3.66. The molecule has 0 bridgehead atoms. The highest BCUT2D eigenvalue weighted by molar-refractivity contribution is 6.58. The zero-order valence-electron chi connectivity index (χ0n) is 11.2. The summed E-state index contributed by atoms with van der Waals surface area (Å²) in [4.78, 5) is 16.9. The van der Waals surface area contributed by atoms with Gasteiger partial charge >= 0.3 is 7.12 Å². The number of benzene rings is 1. The molecule has 0 spiro atoms. The molecule has 0 saturated heterocycles. The van der Waals surface area contributed by atoms with E-state index >= 15 is 0 Å². The lowest BCUT2D eigenvalue weighted by molar-refractivity contribution is -0.0759. The Hall–Kier alpha value is -1.77. The number of hydrogen-bond donors (Lipinski definition) is 2. The Bertz CT molecular complexity index is 439. The standard InChI is InChI=1S/C11H16BNO6/c1-13(19-4)11(14)10-8(17-2)5-7(12(15)16)6-9(10)18-3/h5-6,15-16H,1-4H3. The predicted molar refractivity (Wildman–Crippen MR) is 68.5 cm³/mol. The lowest BCUT2D eigenvalue weighted by Crippen LogP contribution is -2.32. The molecule has 19 heavy (non-hydrogen) atoms. The van der Waals surface area contributed by atoms with Crippen molar-refractivity contribution < 1.29 is 29.2 Å². The zero-order chi connectivity index (χ0) is 14.6. The van der Waals surface area contributed by atoms with Crippen LogP contribution in [0.2, 0.25) is 0 Å². The quantitative estimate of drug-likeness (QED) is 0.527. The van der Waals surface area contributed by atoms with Crippen molar-refractivity contribution in [1.82, 2.24) is 5.06 Å². The average molecular weight is 269 g/mol. The SMILES string of the molecule is COc1cc(B(O)O)cc(OC)c1C(=O)N(C)OC. The predicted octanol–water partition coefficient (Wildman–Crippen LogP) is -0.983. The van der Waals surface area contributed by atoms with E-state index in [2.05, 4.69) is 0 Å². The Morgan fingerprint density at radius 1 is 1.16 bits per heavy atom. The number of amides is 1. The summed E-state index contributed by atoms with van der Waals surface area (Å²) >= 11 is 0.